The summed E-state index contributed by atoms with van der Waals surface area (Å²) in [6.07, 6.45) is 6.28. The number of primary amides is 1. The summed E-state index contributed by atoms with van der Waals surface area (Å²) in [6.45, 7) is 1.71. The molecule has 0 bridgehead atoms. The molecule has 0 spiro atoms. The summed E-state index contributed by atoms with van der Waals surface area (Å²) >= 11 is 0. The number of benzene rings is 1. The number of carboxylic acids is 1. The van der Waals surface area contributed by atoms with Crippen LogP contribution in [-0.2, 0) is 0 Å². The number of carbonyl (C=O) groups is 2. The van der Waals surface area contributed by atoms with Gasteiger partial charge in [0, 0.05) is 31.0 Å². The van der Waals surface area contributed by atoms with Crippen molar-refractivity contribution in [3.05, 3.63) is 54.1 Å². The van der Waals surface area contributed by atoms with E-state index in [4.69, 9.17) is 10.8 Å². The maximum absolute atomic E-state index is 12.7. The van der Waals surface area contributed by atoms with E-state index in [-0.39, 0.29) is 17.4 Å². The van der Waals surface area contributed by atoms with Crippen LogP contribution in [0.5, 0.6) is 0 Å². The number of carbonyl (C=O) groups excluding carboxylic acids is 1. The smallest absolute Gasteiger partial charge is 0.337 e. The fraction of sp³-hybridized carbons (Fsp3) is 0.278. The summed E-state index contributed by atoms with van der Waals surface area (Å²) in [5.41, 5.74) is 6.55. The first-order valence-corrected chi connectivity index (χ1v) is 7.96. The molecular formula is C18H20FN3O3. The van der Waals surface area contributed by atoms with Crippen LogP contribution in [0.25, 0.3) is 11.1 Å². The Hall–Kier alpha value is -2.96. The van der Waals surface area contributed by atoms with Crippen LogP contribution in [0.15, 0.2) is 42.7 Å². The number of urea groups is 1. The lowest BCUT2D eigenvalue weighted by molar-refractivity contribution is 0.0696. The van der Waals surface area contributed by atoms with Gasteiger partial charge in [0.05, 0.1) is 5.56 Å². The number of likely N-dealkylation sites (tertiary alicyclic amines) is 1. The van der Waals surface area contributed by atoms with Gasteiger partial charge in [-0.3, -0.25) is 4.98 Å². The van der Waals surface area contributed by atoms with Crippen LogP contribution < -0.4 is 5.73 Å². The Morgan fingerprint density at radius 1 is 1.04 bits per heavy atom. The van der Waals surface area contributed by atoms with Gasteiger partial charge in [-0.05, 0) is 43.0 Å². The molecule has 1 aliphatic heterocycles. The Labute approximate surface area is 145 Å². The summed E-state index contributed by atoms with van der Waals surface area (Å²) in [7, 11) is 0. The molecule has 7 heteroatoms. The summed E-state index contributed by atoms with van der Waals surface area (Å²) in [4.78, 5) is 26.8. The van der Waals surface area contributed by atoms with Crippen molar-refractivity contribution in [3.63, 3.8) is 0 Å². The number of piperidine rings is 1. The third-order valence-electron chi connectivity index (χ3n) is 3.83. The highest BCUT2D eigenvalue weighted by Crippen LogP contribution is 2.19. The molecule has 3 rings (SSSR count). The van der Waals surface area contributed by atoms with Crippen molar-refractivity contribution in [2.45, 2.75) is 19.3 Å². The quantitative estimate of drug-likeness (QED) is 0.874. The fourth-order valence-electron chi connectivity index (χ4n) is 2.47. The molecule has 132 valence electrons. The number of pyridine rings is 1. The Bertz CT molecular complexity index is 729. The molecule has 2 heterocycles. The molecule has 2 amide bonds. The molecule has 0 saturated carbocycles. The number of carboxylic acid groups (broad SMARTS) is 1. The van der Waals surface area contributed by atoms with Crippen molar-refractivity contribution in [1.82, 2.24) is 9.88 Å². The number of rotatable bonds is 2. The molecule has 2 aromatic rings. The van der Waals surface area contributed by atoms with Gasteiger partial charge >= 0.3 is 12.0 Å². The van der Waals surface area contributed by atoms with E-state index in [9.17, 15) is 14.0 Å². The SMILES string of the molecule is NC(=O)N1CCCCC1.O=C(O)c1cncc(-c2ccc(F)cc2)c1. The van der Waals surface area contributed by atoms with Gasteiger partial charge in [-0.25, -0.2) is 14.0 Å². The van der Waals surface area contributed by atoms with E-state index < -0.39 is 5.97 Å². The van der Waals surface area contributed by atoms with Crippen molar-refractivity contribution >= 4 is 12.0 Å². The lowest BCUT2D eigenvalue weighted by atomic mass is 10.1. The highest BCUT2D eigenvalue weighted by molar-refractivity contribution is 5.88. The van der Waals surface area contributed by atoms with Crippen molar-refractivity contribution in [2.75, 3.05) is 13.1 Å². The summed E-state index contributed by atoms with van der Waals surface area (Å²) in [5, 5.41) is 8.80. The maximum Gasteiger partial charge on any atom is 0.337 e. The Balaban J connectivity index is 0.000000212. The first kappa shape index (κ1) is 18.4. The summed E-state index contributed by atoms with van der Waals surface area (Å²) in [6, 6.07) is 7.04. The molecule has 0 unspecified atom stereocenters. The second-order valence-corrected chi connectivity index (χ2v) is 5.66. The maximum atomic E-state index is 12.7. The number of halogens is 1. The molecule has 1 saturated heterocycles. The van der Waals surface area contributed by atoms with E-state index in [1.807, 2.05) is 0 Å². The Morgan fingerprint density at radius 3 is 2.20 bits per heavy atom. The second kappa shape index (κ2) is 8.77. The molecule has 3 N–H and O–H groups in total. The minimum atomic E-state index is -1.03. The molecule has 1 aromatic carbocycles. The van der Waals surface area contributed by atoms with Gasteiger partial charge in [0.1, 0.15) is 5.82 Å². The van der Waals surface area contributed by atoms with Gasteiger partial charge in [-0.1, -0.05) is 12.1 Å². The zero-order valence-corrected chi connectivity index (χ0v) is 13.7. The van der Waals surface area contributed by atoms with Gasteiger partial charge in [0.25, 0.3) is 0 Å². The number of hydrogen-bond donors (Lipinski definition) is 2. The molecule has 0 aliphatic carbocycles. The number of aromatic nitrogens is 1. The van der Waals surface area contributed by atoms with Gasteiger partial charge in [0.15, 0.2) is 0 Å². The zero-order chi connectivity index (χ0) is 18.2. The van der Waals surface area contributed by atoms with E-state index in [1.54, 1.807) is 23.2 Å². The molecule has 1 aliphatic rings. The summed E-state index contributed by atoms with van der Waals surface area (Å²) in [5.74, 6) is -1.36. The third kappa shape index (κ3) is 5.56. The summed E-state index contributed by atoms with van der Waals surface area (Å²) < 4.78 is 12.7. The predicted molar refractivity (Wildman–Crippen MR) is 91.6 cm³/mol. The van der Waals surface area contributed by atoms with Crippen LogP contribution in [0.2, 0.25) is 0 Å². The number of nitrogens with zero attached hydrogens (tertiary/aromatic N) is 2. The standard InChI is InChI=1S/C12H8FNO2.C6H12N2O/c13-11-3-1-8(2-4-11)9-5-10(12(15)16)7-14-6-9;7-6(9)8-4-2-1-3-5-8/h1-7H,(H,15,16);1-5H2,(H2,7,9). The average molecular weight is 345 g/mol. The van der Waals surface area contributed by atoms with Crippen LogP contribution in [0, 0.1) is 5.82 Å². The van der Waals surface area contributed by atoms with Crippen molar-refractivity contribution in [2.24, 2.45) is 5.73 Å². The highest BCUT2D eigenvalue weighted by atomic mass is 19.1. The molecule has 6 nitrogen and oxygen atoms in total. The van der Waals surface area contributed by atoms with Gasteiger partial charge in [0.2, 0.25) is 0 Å². The largest absolute Gasteiger partial charge is 0.478 e. The first-order valence-electron chi connectivity index (χ1n) is 7.96. The second-order valence-electron chi connectivity index (χ2n) is 5.66. The van der Waals surface area contributed by atoms with E-state index in [2.05, 4.69) is 4.98 Å². The zero-order valence-electron chi connectivity index (χ0n) is 13.7. The normalized spacial score (nSPS) is 13.6. The molecule has 0 radical (unpaired) electrons. The predicted octanol–water partition coefficient (Wildman–Crippen LogP) is 3.14. The minimum absolute atomic E-state index is 0.113. The van der Waals surface area contributed by atoms with Crippen LogP contribution in [0.1, 0.15) is 29.6 Å². The Kier molecular flexibility index (Phi) is 6.45. The van der Waals surface area contributed by atoms with Crippen LogP contribution >= 0.6 is 0 Å². The van der Waals surface area contributed by atoms with E-state index in [0.717, 1.165) is 31.5 Å². The molecule has 1 fully saturated rings. The van der Waals surface area contributed by atoms with Crippen molar-refractivity contribution in [3.8, 4) is 11.1 Å². The Morgan fingerprint density at radius 2 is 1.68 bits per heavy atom. The molecule has 1 aromatic heterocycles. The first-order chi connectivity index (χ1) is 12.0. The van der Waals surface area contributed by atoms with Gasteiger partial charge < -0.3 is 15.7 Å². The monoisotopic (exact) mass is 345 g/mol. The van der Waals surface area contributed by atoms with Gasteiger partial charge in [-0.2, -0.15) is 0 Å². The molecule has 25 heavy (non-hydrogen) atoms. The van der Waals surface area contributed by atoms with E-state index in [1.165, 1.54) is 30.8 Å². The van der Waals surface area contributed by atoms with Crippen molar-refractivity contribution in [1.29, 1.82) is 0 Å². The lowest BCUT2D eigenvalue weighted by Gasteiger charge is -2.24. The third-order valence-corrected chi connectivity index (χ3v) is 3.83. The van der Waals surface area contributed by atoms with Crippen LogP contribution in [0.4, 0.5) is 9.18 Å². The van der Waals surface area contributed by atoms with Crippen LogP contribution in [0.3, 0.4) is 0 Å². The molecular weight excluding hydrogens is 325 g/mol. The highest BCUT2D eigenvalue weighted by Gasteiger charge is 2.11. The number of nitrogens with two attached hydrogens (primary N) is 1. The van der Waals surface area contributed by atoms with E-state index in [0.29, 0.717) is 5.56 Å². The van der Waals surface area contributed by atoms with E-state index >= 15 is 0 Å². The fourth-order valence-corrected chi connectivity index (χ4v) is 2.47. The van der Waals surface area contributed by atoms with Gasteiger partial charge in [-0.15, -0.1) is 0 Å². The van der Waals surface area contributed by atoms with Crippen LogP contribution in [-0.4, -0.2) is 40.1 Å². The average Bonchev–Trinajstić information content (AvgIpc) is 2.63. The molecule has 0 atom stereocenters. The lowest BCUT2D eigenvalue weighted by Crippen LogP contribution is -2.39. The van der Waals surface area contributed by atoms with Crippen molar-refractivity contribution < 1.29 is 19.1 Å². The number of hydrogen-bond acceptors (Lipinski definition) is 3. The minimum Gasteiger partial charge on any atom is -0.478 e. The topological polar surface area (TPSA) is 96.5 Å². The number of aromatic carboxylic acids is 1. The number of amides is 2.